The van der Waals surface area contributed by atoms with E-state index in [-0.39, 0.29) is 17.2 Å². The average Bonchev–Trinajstić information content (AvgIpc) is 3.19. The zero-order valence-electron chi connectivity index (χ0n) is 12.9. The van der Waals surface area contributed by atoms with Crippen LogP contribution in [0.3, 0.4) is 0 Å². The maximum Gasteiger partial charge on any atom is 0.227 e. The number of fused-ring (bicyclic) bond motifs is 1. The topological polar surface area (TPSA) is 53.9 Å². The molecule has 2 unspecified atom stereocenters. The van der Waals surface area contributed by atoms with Crippen molar-refractivity contribution >= 4 is 17.3 Å². The summed E-state index contributed by atoms with van der Waals surface area (Å²) < 4.78 is 15.8. The number of hydrogen-bond donors (Lipinski definition) is 2. The number of nitrogens with zero attached hydrogens (tertiary/aromatic N) is 2. The third-order valence-corrected chi connectivity index (χ3v) is 4.81. The number of nitrogens with two attached hydrogens (primary N) is 1. The zero-order chi connectivity index (χ0) is 16.7. The molecule has 1 aromatic heterocycles. The van der Waals surface area contributed by atoms with E-state index in [1.807, 2.05) is 12.1 Å². The summed E-state index contributed by atoms with van der Waals surface area (Å²) in [7, 11) is 0. The van der Waals surface area contributed by atoms with Gasteiger partial charge in [-0.1, -0.05) is 11.6 Å². The molecule has 0 amide bonds. The molecule has 0 bridgehead atoms. The molecule has 2 aliphatic heterocycles. The van der Waals surface area contributed by atoms with Crippen molar-refractivity contribution in [3.8, 4) is 11.3 Å². The van der Waals surface area contributed by atoms with Gasteiger partial charge in [-0.05, 0) is 30.3 Å². The van der Waals surface area contributed by atoms with E-state index < -0.39 is 5.82 Å². The lowest BCUT2D eigenvalue weighted by Crippen LogP contribution is -2.35. The molecular formula is C18H17ClFN4+. The van der Waals surface area contributed by atoms with E-state index in [0.29, 0.717) is 6.54 Å². The first-order chi connectivity index (χ1) is 11.7. The van der Waals surface area contributed by atoms with Crippen molar-refractivity contribution in [2.24, 2.45) is 5.73 Å². The maximum atomic E-state index is 13.5. The molecule has 2 atom stereocenters. The van der Waals surface area contributed by atoms with Crippen LogP contribution in [-0.4, -0.2) is 40.6 Å². The van der Waals surface area contributed by atoms with Crippen molar-refractivity contribution in [2.45, 2.75) is 12.2 Å². The van der Waals surface area contributed by atoms with Crippen molar-refractivity contribution < 1.29 is 8.97 Å². The number of pyridine rings is 1. The van der Waals surface area contributed by atoms with E-state index in [1.54, 1.807) is 18.3 Å². The predicted octanol–water partition coefficient (Wildman–Crippen LogP) is 2.17. The van der Waals surface area contributed by atoms with E-state index in [4.69, 9.17) is 17.3 Å². The van der Waals surface area contributed by atoms with Gasteiger partial charge in [0.2, 0.25) is 11.9 Å². The van der Waals surface area contributed by atoms with Gasteiger partial charge in [0, 0.05) is 23.9 Å². The minimum absolute atomic E-state index is 0.0941. The molecular weight excluding hydrogens is 327 g/mol. The Morgan fingerprint density at radius 1 is 1.38 bits per heavy atom. The Morgan fingerprint density at radius 3 is 3.04 bits per heavy atom. The molecule has 0 aliphatic carbocycles. The van der Waals surface area contributed by atoms with Gasteiger partial charge in [-0.25, -0.2) is 14.3 Å². The van der Waals surface area contributed by atoms with Gasteiger partial charge in [0.15, 0.2) is 6.04 Å². The van der Waals surface area contributed by atoms with Gasteiger partial charge in [-0.15, -0.1) is 0 Å². The summed E-state index contributed by atoms with van der Waals surface area (Å²) >= 11 is 5.95. The number of benzene rings is 1. The normalized spacial score (nSPS) is 22.3. The largest absolute Gasteiger partial charge is 0.325 e. The van der Waals surface area contributed by atoms with Crippen molar-refractivity contribution in [2.75, 3.05) is 13.1 Å². The average molecular weight is 344 g/mol. The fourth-order valence-electron chi connectivity index (χ4n) is 3.37. The standard InChI is InChI=1S/C18H17ClFN4/c19-14-8-11(3-4-15(14)20)18-13(2-1-7-22-18)16-5-6-17-23-10-12(9-21)24(16)17/h1-8,12,17,23H,9-10,21H2/q+1. The van der Waals surface area contributed by atoms with Crippen molar-refractivity contribution in [1.29, 1.82) is 0 Å². The van der Waals surface area contributed by atoms with Crippen LogP contribution in [0, 0.1) is 5.82 Å². The Morgan fingerprint density at radius 2 is 2.25 bits per heavy atom. The molecule has 0 spiro atoms. The maximum absolute atomic E-state index is 13.5. The van der Waals surface area contributed by atoms with Gasteiger partial charge in [0.05, 0.1) is 29.4 Å². The monoisotopic (exact) mass is 343 g/mol. The van der Waals surface area contributed by atoms with Crippen LogP contribution in [0.1, 0.15) is 5.56 Å². The van der Waals surface area contributed by atoms with E-state index in [9.17, 15) is 4.39 Å². The summed E-state index contributed by atoms with van der Waals surface area (Å²) in [5, 5.41) is 3.54. The third kappa shape index (κ3) is 2.45. The third-order valence-electron chi connectivity index (χ3n) is 4.52. The highest BCUT2D eigenvalue weighted by Crippen LogP contribution is 2.28. The molecule has 1 saturated heterocycles. The second kappa shape index (κ2) is 6.09. The second-order valence-corrected chi connectivity index (χ2v) is 6.33. The first kappa shape index (κ1) is 15.4. The van der Waals surface area contributed by atoms with Crippen molar-refractivity contribution in [1.82, 2.24) is 10.3 Å². The number of aromatic nitrogens is 1. The van der Waals surface area contributed by atoms with Crippen LogP contribution < -0.4 is 11.1 Å². The Hall–Kier alpha value is -2.08. The fourth-order valence-corrected chi connectivity index (χ4v) is 3.55. The Balaban J connectivity index is 1.87. The van der Waals surface area contributed by atoms with Crippen molar-refractivity contribution in [3.05, 3.63) is 65.1 Å². The minimum Gasteiger partial charge on any atom is -0.325 e. The summed E-state index contributed by atoms with van der Waals surface area (Å²) in [6.45, 7) is 1.43. The van der Waals surface area contributed by atoms with Crippen LogP contribution in [0.2, 0.25) is 5.02 Å². The van der Waals surface area contributed by atoms with Gasteiger partial charge in [-0.2, -0.15) is 0 Å². The molecule has 4 nitrogen and oxygen atoms in total. The first-order valence-electron chi connectivity index (χ1n) is 7.87. The number of halogens is 2. The highest BCUT2D eigenvalue weighted by atomic mass is 35.5. The molecule has 122 valence electrons. The summed E-state index contributed by atoms with van der Waals surface area (Å²) in [5.74, 6) is -0.432. The van der Waals surface area contributed by atoms with Crippen LogP contribution in [0.25, 0.3) is 11.3 Å². The smallest absolute Gasteiger partial charge is 0.227 e. The summed E-state index contributed by atoms with van der Waals surface area (Å²) in [4.78, 5) is 4.52. The van der Waals surface area contributed by atoms with Gasteiger partial charge in [0.1, 0.15) is 5.82 Å². The van der Waals surface area contributed by atoms with Gasteiger partial charge in [0.25, 0.3) is 0 Å². The lowest BCUT2D eigenvalue weighted by Gasteiger charge is -2.11. The lowest BCUT2D eigenvalue weighted by atomic mass is 10.0. The Kier molecular flexibility index (Phi) is 3.92. The number of allylic oxidation sites excluding steroid dienone is 1. The molecule has 0 saturated carbocycles. The number of nitrogens with one attached hydrogen (secondary N) is 1. The number of hydrogen-bond acceptors (Lipinski definition) is 3. The van der Waals surface area contributed by atoms with Gasteiger partial charge >= 0.3 is 0 Å². The molecule has 1 aromatic carbocycles. The second-order valence-electron chi connectivity index (χ2n) is 5.92. The number of rotatable bonds is 3. The van der Waals surface area contributed by atoms with Crippen LogP contribution in [0.15, 0.2) is 48.7 Å². The fraction of sp³-hybridized carbons (Fsp3) is 0.222. The molecule has 3 N–H and O–H groups in total. The SMILES string of the molecule is NCC1CNC2C=CC(c3cccnc3-c3ccc(F)c(Cl)c3)=[N+]12. The highest BCUT2D eigenvalue weighted by Gasteiger charge is 2.40. The summed E-state index contributed by atoms with van der Waals surface area (Å²) in [6, 6.07) is 8.85. The van der Waals surface area contributed by atoms with Crippen LogP contribution in [0.4, 0.5) is 4.39 Å². The molecule has 6 heteroatoms. The highest BCUT2D eigenvalue weighted by molar-refractivity contribution is 6.31. The Labute approximate surface area is 144 Å². The molecule has 4 rings (SSSR count). The van der Waals surface area contributed by atoms with E-state index in [0.717, 1.165) is 29.1 Å². The van der Waals surface area contributed by atoms with Crippen molar-refractivity contribution in [3.63, 3.8) is 0 Å². The minimum atomic E-state index is -0.432. The lowest BCUT2D eigenvalue weighted by molar-refractivity contribution is -0.562. The van der Waals surface area contributed by atoms with Crippen LogP contribution >= 0.6 is 11.6 Å². The summed E-state index contributed by atoms with van der Waals surface area (Å²) in [5.41, 5.74) is 9.55. The molecule has 0 radical (unpaired) electrons. The quantitative estimate of drug-likeness (QED) is 0.840. The van der Waals surface area contributed by atoms with E-state index in [1.165, 1.54) is 6.07 Å². The van der Waals surface area contributed by atoms with E-state index in [2.05, 4.69) is 27.0 Å². The zero-order valence-corrected chi connectivity index (χ0v) is 13.7. The van der Waals surface area contributed by atoms with E-state index >= 15 is 0 Å². The van der Waals surface area contributed by atoms with Crippen LogP contribution in [-0.2, 0) is 0 Å². The predicted molar refractivity (Wildman–Crippen MR) is 92.8 cm³/mol. The first-order valence-corrected chi connectivity index (χ1v) is 8.24. The van der Waals surface area contributed by atoms with Gasteiger partial charge in [-0.3, -0.25) is 4.98 Å². The van der Waals surface area contributed by atoms with Crippen LogP contribution in [0.5, 0.6) is 0 Å². The summed E-state index contributed by atoms with van der Waals surface area (Å²) in [6.07, 6.45) is 6.11. The Bertz CT molecular complexity index is 862. The molecule has 2 aromatic rings. The molecule has 3 heterocycles. The molecule has 1 fully saturated rings. The molecule has 2 aliphatic rings. The molecule has 24 heavy (non-hydrogen) atoms. The van der Waals surface area contributed by atoms with Gasteiger partial charge < -0.3 is 5.73 Å².